The Balaban J connectivity index is 0.000000134. The molecule has 2 aliphatic carbocycles. The fraction of sp³-hybridized carbons (Fsp3) is 0.0741. The third kappa shape index (κ3) is 14.4. The monoisotopic (exact) mass is 1520 g/mol. The molecule has 0 unspecified atom stereocenters. The first kappa shape index (κ1) is 72.5. The number of halogens is 1. The Bertz CT molecular complexity index is 6340. The van der Waals surface area contributed by atoms with Gasteiger partial charge in [-0.3, -0.25) is 0 Å². The minimum atomic E-state index is -0.0877. The summed E-state index contributed by atoms with van der Waals surface area (Å²) < 4.78 is 5.81. The number of hydrogen-bond acceptors (Lipinski definition) is 2. The minimum absolute atomic E-state index is 0.0286. The number of anilines is 5. The van der Waals surface area contributed by atoms with E-state index in [1.165, 1.54) is 139 Å². The summed E-state index contributed by atoms with van der Waals surface area (Å²) in [5.74, 6) is 0. The lowest BCUT2D eigenvalue weighted by atomic mass is 9.82. The molecule has 1 N–H and O–H groups in total. The number of nitrogens with zero attached hydrogens (tertiary/aromatic N) is 3. The highest BCUT2D eigenvalue weighted by Gasteiger charge is 2.37. The Morgan fingerprint density at radius 2 is 0.549 bits per heavy atom. The SMILES string of the molecule is Brc1ccc(-c2ccc(-n3c(-c4ccccc4)cc4ccccc43)cc2)cc1.CC.CC1(C)c2ccccc2-c2ccc(N(c3ccc(-c4ccccc4)cc3)c3ccc(-c4ccc(-n5c(-c6ccccc6)cc6ccccc65)cc4)cc3)cc21.CC1(C)c2ccccc2-c2ccc(Nc3ccc(-c4ccccc4)cc3)cc21. The quantitative estimate of drug-likeness (QED) is 0.124. The van der Waals surface area contributed by atoms with E-state index >= 15 is 0 Å². The molecule has 0 atom stereocenters. The molecule has 0 saturated carbocycles. The number of hydrogen-bond donors (Lipinski definition) is 1. The second kappa shape index (κ2) is 31.6. The van der Waals surface area contributed by atoms with E-state index in [0.29, 0.717) is 0 Å². The van der Waals surface area contributed by atoms with E-state index in [4.69, 9.17) is 0 Å². The average molecular weight is 1520 g/mol. The van der Waals surface area contributed by atoms with Crippen molar-refractivity contribution in [1.82, 2.24) is 9.13 Å². The van der Waals surface area contributed by atoms with Crippen molar-refractivity contribution < 1.29 is 0 Å². The first-order valence-electron chi connectivity index (χ1n) is 39.2. The highest BCUT2D eigenvalue weighted by Crippen LogP contribution is 2.52. The van der Waals surface area contributed by atoms with Crippen LogP contribution in [0.2, 0.25) is 0 Å². The molecule has 0 fully saturated rings. The van der Waals surface area contributed by atoms with Crippen LogP contribution in [0.25, 0.3) is 122 Å². The normalized spacial score (nSPS) is 12.3. The Labute approximate surface area is 673 Å². The molecule has 5 heteroatoms. The van der Waals surface area contributed by atoms with Gasteiger partial charge in [0.25, 0.3) is 0 Å². The topological polar surface area (TPSA) is 25.1 Å². The fourth-order valence-corrected chi connectivity index (χ4v) is 16.9. The molecular formula is C108H87BrN4. The summed E-state index contributed by atoms with van der Waals surface area (Å²) in [5, 5.41) is 6.06. The number of nitrogens with one attached hydrogen (secondary N) is 1. The van der Waals surface area contributed by atoms with Crippen LogP contribution in [-0.4, -0.2) is 9.13 Å². The van der Waals surface area contributed by atoms with Gasteiger partial charge in [0, 0.05) is 65.9 Å². The molecular weight excluding hydrogens is 1430 g/mol. The molecule has 0 amide bonds. The number of aromatic nitrogens is 2. The van der Waals surface area contributed by atoms with Crippen molar-refractivity contribution >= 4 is 66.2 Å². The lowest BCUT2D eigenvalue weighted by Gasteiger charge is -2.28. The van der Waals surface area contributed by atoms with Gasteiger partial charge in [-0.15, -0.1) is 0 Å². The van der Waals surface area contributed by atoms with Gasteiger partial charge in [0.1, 0.15) is 0 Å². The van der Waals surface area contributed by atoms with Crippen LogP contribution in [0.15, 0.2) is 417 Å². The summed E-state index contributed by atoms with van der Waals surface area (Å²) in [7, 11) is 0. The van der Waals surface area contributed by atoms with Gasteiger partial charge in [-0.25, -0.2) is 0 Å². The maximum atomic E-state index is 3.58. The lowest BCUT2D eigenvalue weighted by Crippen LogP contribution is -2.16. The van der Waals surface area contributed by atoms with Gasteiger partial charge in [0.05, 0.1) is 22.4 Å². The minimum Gasteiger partial charge on any atom is -0.356 e. The molecule has 113 heavy (non-hydrogen) atoms. The molecule has 0 bridgehead atoms. The largest absolute Gasteiger partial charge is 0.356 e. The molecule has 0 aliphatic heterocycles. The molecule has 18 aromatic rings. The van der Waals surface area contributed by atoms with Crippen molar-refractivity contribution in [3.05, 3.63) is 439 Å². The average Bonchev–Trinajstić information content (AvgIpc) is 1.59. The van der Waals surface area contributed by atoms with E-state index in [0.717, 1.165) is 38.6 Å². The highest BCUT2D eigenvalue weighted by atomic mass is 79.9. The van der Waals surface area contributed by atoms with Crippen molar-refractivity contribution in [3.63, 3.8) is 0 Å². The maximum absolute atomic E-state index is 3.58. The number of benzene rings is 16. The summed E-state index contributed by atoms with van der Waals surface area (Å²) in [5.41, 5.74) is 35.7. The summed E-state index contributed by atoms with van der Waals surface area (Å²) in [6.45, 7) is 13.3. The molecule has 0 saturated heterocycles. The van der Waals surface area contributed by atoms with Crippen LogP contribution in [-0.2, 0) is 10.8 Å². The molecule has 2 aliphatic rings. The van der Waals surface area contributed by atoms with E-state index in [2.05, 4.69) is 469 Å². The van der Waals surface area contributed by atoms with Gasteiger partial charge in [-0.05, 0) is 221 Å². The summed E-state index contributed by atoms with van der Waals surface area (Å²) in [6.07, 6.45) is 0. The van der Waals surface area contributed by atoms with E-state index in [1.54, 1.807) is 0 Å². The summed E-state index contributed by atoms with van der Waals surface area (Å²) in [4.78, 5) is 2.39. The second-order valence-corrected chi connectivity index (χ2v) is 30.8. The lowest BCUT2D eigenvalue weighted by molar-refractivity contribution is 0.660. The van der Waals surface area contributed by atoms with Crippen molar-refractivity contribution in [2.24, 2.45) is 0 Å². The van der Waals surface area contributed by atoms with Crippen LogP contribution in [0.5, 0.6) is 0 Å². The predicted molar refractivity (Wildman–Crippen MR) is 484 cm³/mol. The van der Waals surface area contributed by atoms with Gasteiger partial charge in [0.2, 0.25) is 0 Å². The second-order valence-electron chi connectivity index (χ2n) is 29.9. The Morgan fingerprint density at radius 1 is 0.248 bits per heavy atom. The highest BCUT2D eigenvalue weighted by molar-refractivity contribution is 9.10. The third-order valence-corrected chi connectivity index (χ3v) is 22.9. The Hall–Kier alpha value is -13.3. The Morgan fingerprint density at radius 3 is 0.973 bits per heavy atom. The Kier molecular flexibility index (Phi) is 20.3. The number of fused-ring (bicyclic) bond motifs is 8. The maximum Gasteiger partial charge on any atom is 0.0540 e. The predicted octanol–water partition coefficient (Wildman–Crippen LogP) is 30.6. The van der Waals surface area contributed by atoms with E-state index in [-0.39, 0.29) is 10.8 Å². The number of para-hydroxylation sites is 2. The van der Waals surface area contributed by atoms with Crippen molar-refractivity contribution in [2.75, 3.05) is 10.2 Å². The van der Waals surface area contributed by atoms with Gasteiger partial charge < -0.3 is 19.4 Å². The first-order chi connectivity index (χ1) is 55.4. The van der Waals surface area contributed by atoms with Crippen LogP contribution in [0.3, 0.4) is 0 Å². The molecule has 16 aromatic carbocycles. The van der Waals surface area contributed by atoms with Crippen LogP contribution >= 0.6 is 15.9 Å². The van der Waals surface area contributed by atoms with Crippen LogP contribution in [0.1, 0.15) is 63.8 Å². The van der Waals surface area contributed by atoms with E-state index < -0.39 is 0 Å². The molecule has 2 heterocycles. The molecule has 20 rings (SSSR count). The van der Waals surface area contributed by atoms with Gasteiger partial charge in [0.15, 0.2) is 0 Å². The molecule has 546 valence electrons. The van der Waals surface area contributed by atoms with Crippen molar-refractivity contribution in [2.45, 2.75) is 52.4 Å². The summed E-state index contributed by atoms with van der Waals surface area (Å²) in [6, 6.07) is 148. The van der Waals surface area contributed by atoms with E-state index in [1.807, 2.05) is 19.9 Å². The fourth-order valence-electron chi connectivity index (χ4n) is 16.6. The van der Waals surface area contributed by atoms with Crippen molar-refractivity contribution in [1.29, 1.82) is 0 Å². The van der Waals surface area contributed by atoms with Crippen molar-refractivity contribution in [3.8, 4) is 101 Å². The van der Waals surface area contributed by atoms with Crippen LogP contribution in [0.4, 0.5) is 28.4 Å². The van der Waals surface area contributed by atoms with Gasteiger partial charge in [-0.1, -0.05) is 349 Å². The smallest absolute Gasteiger partial charge is 0.0540 e. The molecule has 0 radical (unpaired) electrons. The van der Waals surface area contributed by atoms with E-state index in [9.17, 15) is 0 Å². The molecule has 4 nitrogen and oxygen atoms in total. The number of rotatable bonds is 13. The van der Waals surface area contributed by atoms with Gasteiger partial charge in [-0.2, -0.15) is 0 Å². The van der Waals surface area contributed by atoms with Crippen LogP contribution < -0.4 is 10.2 Å². The zero-order chi connectivity index (χ0) is 77.0. The zero-order valence-electron chi connectivity index (χ0n) is 64.5. The first-order valence-corrected chi connectivity index (χ1v) is 40.0. The third-order valence-electron chi connectivity index (χ3n) is 22.4. The molecule has 0 spiro atoms. The molecule has 2 aromatic heterocycles. The van der Waals surface area contributed by atoms with Gasteiger partial charge >= 0.3 is 0 Å². The zero-order valence-corrected chi connectivity index (χ0v) is 66.1. The van der Waals surface area contributed by atoms with Crippen LogP contribution in [0, 0.1) is 0 Å². The summed E-state index contributed by atoms with van der Waals surface area (Å²) >= 11 is 3.51. The standard InChI is InChI=1S/C53H40N2.C27H23N.C26H18BrN.C2H6/c1-53(2)49-19-11-10-18-47(49)48-34-33-46(36-50(48)53)54(43-27-21-38(22-28-43)37-13-5-3-6-14-37)44-29-23-39(24-30-44)40-25-31-45(32-26-40)55-51-20-12-9-17-42(51)35-52(55)41-15-7-4-8-16-41;1-27(2)25-11-7-6-10-23(25)24-17-16-22(18-26(24)27)28-21-14-12-20(13-15-21)19-8-4-3-5-9-19;27-23-14-10-19(11-15-23)20-12-16-24(17-13-20)28-25-9-5-4-8-22(25)18-26(28)21-6-2-1-3-7-21;1-2/h3-36H,1-2H3;3-18,28H,1-2H3;1-18H;1-2H3.